The number of piperidine rings is 1. The van der Waals surface area contributed by atoms with E-state index in [0.717, 1.165) is 16.9 Å². The summed E-state index contributed by atoms with van der Waals surface area (Å²) in [5.74, 6) is 0.762. The van der Waals surface area contributed by atoms with Crippen molar-refractivity contribution in [3.05, 3.63) is 65.7 Å². The van der Waals surface area contributed by atoms with Crippen molar-refractivity contribution >= 4 is 27.7 Å². The monoisotopic (exact) mass is 432 g/mol. The van der Waals surface area contributed by atoms with Gasteiger partial charge in [-0.3, -0.25) is 4.79 Å². The molecule has 1 N–H and O–H groups in total. The molecule has 2 aromatic carbocycles. The number of rotatable bonds is 8. The van der Waals surface area contributed by atoms with Gasteiger partial charge in [-0.1, -0.05) is 48.0 Å². The van der Waals surface area contributed by atoms with Gasteiger partial charge in [-0.15, -0.1) is 11.8 Å². The molecule has 156 valence electrons. The summed E-state index contributed by atoms with van der Waals surface area (Å²) in [5, 5.41) is 2.99. The first-order valence-corrected chi connectivity index (χ1v) is 12.5. The van der Waals surface area contributed by atoms with Crippen molar-refractivity contribution in [3.63, 3.8) is 0 Å². The topological polar surface area (TPSA) is 66.5 Å². The van der Waals surface area contributed by atoms with E-state index in [1.165, 1.54) is 9.20 Å². The van der Waals surface area contributed by atoms with Crippen LogP contribution in [0.4, 0.5) is 0 Å². The van der Waals surface area contributed by atoms with Crippen molar-refractivity contribution in [1.82, 2.24) is 9.62 Å². The van der Waals surface area contributed by atoms with Gasteiger partial charge in [0.2, 0.25) is 15.9 Å². The van der Waals surface area contributed by atoms with Gasteiger partial charge in [-0.05, 0) is 37.5 Å². The van der Waals surface area contributed by atoms with Gasteiger partial charge < -0.3 is 5.32 Å². The molecule has 2 aromatic rings. The predicted octanol–water partition coefficient (Wildman–Crippen LogP) is 3.45. The fourth-order valence-electron chi connectivity index (χ4n) is 3.50. The summed E-state index contributed by atoms with van der Waals surface area (Å²) >= 11 is 1.71. The third-order valence-electron chi connectivity index (χ3n) is 5.06. The number of carbonyl (C=O) groups excluding carboxylic acids is 1. The fourth-order valence-corrected chi connectivity index (χ4v) is 5.84. The van der Waals surface area contributed by atoms with Crippen molar-refractivity contribution in [2.45, 2.75) is 30.4 Å². The molecule has 0 unspecified atom stereocenters. The molecule has 0 atom stereocenters. The Hall–Kier alpha value is -1.83. The largest absolute Gasteiger partial charge is 0.355 e. The highest BCUT2D eigenvalue weighted by molar-refractivity contribution is 7.99. The molecule has 0 spiro atoms. The van der Waals surface area contributed by atoms with E-state index in [0.29, 0.717) is 32.5 Å². The molecule has 7 heteroatoms. The van der Waals surface area contributed by atoms with Gasteiger partial charge >= 0.3 is 0 Å². The maximum absolute atomic E-state index is 12.7. The number of nitrogens with zero attached hydrogens (tertiary/aromatic N) is 1. The first-order chi connectivity index (χ1) is 13.9. The van der Waals surface area contributed by atoms with Crippen molar-refractivity contribution in [2.24, 2.45) is 5.92 Å². The van der Waals surface area contributed by atoms with E-state index < -0.39 is 10.0 Å². The smallest absolute Gasteiger partial charge is 0.223 e. The Bertz CT molecular complexity index is 909. The van der Waals surface area contributed by atoms with E-state index in [2.05, 4.69) is 17.4 Å². The lowest BCUT2D eigenvalue weighted by atomic mass is 9.97. The van der Waals surface area contributed by atoms with Crippen LogP contribution in [0.2, 0.25) is 0 Å². The molecular formula is C22H28N2O3S2. The molecule has 0 saturated carbocycles. The number of carbonyl (C=O) groups is 1. The van der Waals surface area contributed by atoms with Gasteiger partial charge in [0.1, 0.15) is 0 Å². The summed E-state index contributed by atoms with van der Waals surface area (Å²) < 4.78 is 27.0. The Morgan fingerprint density at radius 3 is 2.52 bits per heavy atom. The number of hydrogen-bond donors (Lipinski definition) is 1. The van der Waals surface area contributed by atoms with E-state index in [1.807, 2.05) is 49.4 Å². The molecule has 29 heavy (non-hydrogen) atoms. The Kier molecular flexibility index (Phi) is 7.75. The average molecular weight is 433 g/mol. The van der Waals surface area contributed by atoms with Gasteiger partial charge in [-0.25, -0.2) is 12.7 Å². The summed E-state index contributed by atoms with van der Waals surface area (Å²) in [7, 11) is -3.36. The minimum absolute atomic E-state index is 0.0161. The molecule has 0 radical (unpaired) electrons. The number of benzene rings is 2. The van der Waals surface area contributed by atoms with E-state index >= 15 is 0 Å². The van der Waals surface area contributed by atoms with Gasteiger partial charge in [0.15, 0.2) is 0 Å². The van der Waals surface area contributed by atoms with E-state index in [4.69, 9.17) is 0 Å². The summed E-state index contributed by atoms with van der Waals surface area (Å²) in [4.78, 5) is 13.6. The minimum atomic E-state index is -3.36. The van der Waals surface area contributed by atoms with E-state index in [9.17, 15) is 13.2 Å². The molecule has 1 aliphatic rings. The number of thioether (sulfide) groups is 1. The second-order valence-electron chi connectivity index (χ2n) is 7.37. The summed E-state index contributed by atoms with van der Waals surface area (Å²) in [5.41, 5.74) is 1.86. The van der Waals surface area contributed by atoms with Crippen LogP contribution in [0.15, 0.2) is 59.5 Å². The summed E-state index contributed by atoms with van der Waals surface area (Å²) in [6.07, 6.45) is 1.15. The predicted molar refractivity (Wildman–Crippen MR) is 118 cm³/mol. The SMILES string of the molecule is Cc1cccc(CS(=O)(=O)N2CCC(C(=O)NCCSc3ccccc3)CC2)c1. The first kappa shape index (κ1) is 21.9. The second kappa shape index (κ2) is 10.3. The zero-order chi connectivity index (χ0) is 20.7. The van der Waals surface area contributed by atoms with Crippen LogP contribution < -0.4 is 5.32 Å². The number of nitrogens with one attached hydrogen (secondary N) is 1. The number of aryl methyl sites for hydroxylation is 1. The molecule has 1 heterocycles. The van der Waals surface area contributed by atoms with Crippen LogP contribution >= 0.6 is 11.8 Å². The standard InChI is InChI=1S/C22H28N2O3S2/c1-18-6-5-7-19(16-18)17-29(26,27)24-13-10-20(11-14-24)22(25)23-12-15-28-21-8-3-2-4-9-21/h2-9,16,20H,10-15,17H2,1H3,(H,23,25). The molecular weight excluding hydrogens is 404 g/mol. The second-order valence-corrected chi connectivity index (χ2v) is 10.5. The molecule has 0 aliphatic carbocycles. The fraction of sp³-hybridized carbons (Fsp3) is 0.409. The molecule has 0 aromatic heterocycles. The van der Waals surface area contributed by atoms with E-state index in [1.54, 1.807) is 11.8 Å². The van der Waals surface area contributed by atoms with E-state index in [-0.39, 0.29) is 17.6 Å². The third kappa shape index (κ3) is 6.59. The average Bonchev–Trinajstić information content (AvgIpc) is 2.71. The molecule has 5 nitrogen and oxygen atoms in total. The Morgan fingerprint density at radius 1 is 1.10 bits per heavy atom. The van der Waals surface area contributed by atoms with Crippen LogP contribution in [0.1, 0.15) is 24.0 Å². The number of amides is 1. The van der Waals surface area contributed by atoms with Crippen molar-refractivity contribution in [3.8, 4) is 0 Å². The summed E-state index contributed by atoms with van der Waals surface area (Å²) in [6, 6.07) is 17.7. The first-order valence-electron chi connectivity index (χ1n) is 9.93. The number of sulfonamides is 1. The van der Waals surface area contributed by atoms with Crippen molar-refractivity contribution in [2.75, 3.05) is 25.4 Å². The highest BCUT2D eigenvalue weighted by Crippen LogP contribution is 2.22. The van der Waals surface area contributed by atoms with Gasteiger partial charge in [0, 0.05) is 36.2 Å². The molecule has 1 amide bonds. The van der Waals surface area contributed by atoms with Crippen LogP contribution in [-0.2, 0) is 20.6 Å². The number of hydrogen-bond acceptors (Lipinski definition) is 4. The maximum atomic E-state index is 12.7. The molecule has 1 saturated heterocycles. The van der Waals surface area contributed by atoms with Crippen LogP contribution in [0.25, 0.3) is 0 Å². The maximum Gasteiger partial charge on any atom is 0.223 e. The lowest BCUT2D eigenvalue weighted by molar-refractivity contribution is -0.125. The Morgan fingerprint density at radius 2 is 1.83 bits per heavy atom. The van der Waals surface area contributed by atoms with Crippen molar-refractivity contribution < 1.29 is 13.2 Å². The Labute approximate surface area is 177 Å². The normalized spacial score (nSPS) is 15.9. The van der Waals surface area contributed by atoms with Crippen LogP contribution in [0, 0.1) is 12.8 Å². The van der Waals surface area contributed by atoms with Crippen LogP contribution in [0.3, 0.4) is 0 Å². The van der Waals surface area contributed by atoms with Gasteiger partial charge in [-0.2, -0.15) is 0 Å². The zero-order valence-corrected chi connectivity index (χ0v) is 18.3. The zero-order valence-electron chi connectivity index (χ0n) is 16.7. The molecule has 3 rings (SSSR count). The molecule has 1 fully saturated rings. The van der Waals surface area contributed by atoms with Crippen LogP contribution in [0.5, 0.6) is 0 Å². The minimum Gasteiger partial charge on any atom is -0.355 e. The Balaban J connectivity index is 1.41. The van der Waals surface area contributed by atoms with Crippen molar-refractivity contribution in [1.29, 1.82) is 0 Å². The van der Waals surface area contributed by atoms with Gasteiger partial charge in [0.25, 0.3) is 0 Å². The lowest BCUT2D eigenvalue weighted by Gasteiger charge is -2.30. The summed E-state index contributed by atoms with van der Waals surface area (Å²) in [6.45, 7) is 3.39. The highest BCUT2D eigenvalue weighted by atomic mass is 32.2. The lowest BCUT2D eigenvalue weighted by Crippen LogP contribution is -2.43. The highest BCUT2D eigenvalue weighted by Gasteiger charge is 2.31. The molecule has 0 bridgehead atoms. The van der Waals surface area contributed by atoms with Crippen LogP contribution in [-0.4, -0.2) is 44.0 Å². The third-order valence-corrected chi connectivity index (χ3v) is 7.93. The quantitative estimate of drug-likeness (QED) is 0.513. The van der Waals surface area contributed by atoms with Gasteiger partial charge in [0.05, 0.1) is 5.75 Å². The molecule has 1 aliphatic heterocycles.